The molecule has 0 saturated carbocycles. The second-order valence-corrected chi connectivity index (χ2v) is 11.4. The van der Waals surface area contributed by atoms with Gasteiger partial charge in [0, 0.05) is 44.9 Å². The number of anilines is 1. The van der Waals surface area contributed by atoms with Crippen molar-refractivity contribution in [1.82, 2.24) is 9.79 Å². The fraction of sp³-hybridized carbons (Fsp3) is 0.370. The monoisotopic (exact) mass is 563 g/mol. The van der Waals surface area contributed by atoms with Gasteiger partial charge in [-0.25, -0.2) is 18.7 Å². The van der Waals surface area contributed by atoms with Gasteiger partial charge in [-0.05, 0) is 53.9 Å². The third-order valence-electron chi connectivity index (χ3n) is 6.94. The van der Waals surface area contributed by atoms with Crippen LogP contribution >= 0.6 is 0 Å². The van der Waals surface area contributed by atoms with E-state index in [4.69, 9.17) is 9.57 Å². The van der Waals surface area contributed by atoms with Crippen molar-refractivity contribution in [3.05, 3.63) is 71.8 Å². The molecule has 0 aromatic heterocycles. The Hall–Kier alpha value is -3.19. The minimum absolute atomic E-state index is 0.105. The number of hydrogen-bond donors (Lipinski definition) is 1. The fourth-order valence-corrected chi connectivity index (χ4v) is 6.26. The molecule has 39 heavy (non-hydrogen) atoms. The van der Waals surface area contributed by atoms with Crippen LogP contribution in [0.25, 0.3) is 10.8 Å². The first-order chi connectivity index (χ1) is 18.6. The highest BCUT2D eigenvalue weighted by Crippen LogP contribution is 2.35. The molecule has 0 bridgehead atoms. The number of fused-ring (bicyclic) bond motifs is 1. The average Bonchev–Trinajstić information content (AvgIpc) is 2.95. The van der Waals surface area contributed by atoms with E-state index in [2.05, 4.69) is 5.48 Å². The SMILES string of the molecule is O=C(NOC1CCCCO1)c1ccc(N2CCN(S(=O)(=O)c3ccc4ccccc4c3)CC2)cc1C(F)(F)F. The van der Waals surface area contributed by atoms with Gasteiger partial charge in [0.05, 0.1) is 16.0 Å². The summed E-state index contributed by atoms with van der Waals surface area (Å²) >= 11 is 0. The molecule has 2 aliphatic rings. The Kier molecular flexibility index (Phi) is 7.81. The first kappa shape index (κ1) is 27.4. The second-order valence-electron chi connectivity index (χ2n) is 9.47. The molecule has 1 amide bonds. The van der Waals surface area contributed by atoms with Gasteiger partial charge in [0.15, 0.2) is 6.29 Å². The van der Waals surface area contributed by atoms with Crippen molar-refractivity contribution in [3.8, 4) is 0 Å². The molecule has 1 N–H and O–H groups in total. The van der Waals surface area contributed by atoms with Gasteiger partial charge in [0.1, 0.15) is 0 Å². The summed E-state index contributed by atoms with van der Waals surface area (Å²) in [5.41, 5.74) is 0.657. The van der Waals surface area contributed by atoms with E-state index < -0.39 is 39.5 Å². The van der Waals surface area contributed by atoms with Gasteiger partial charge in [-0.15, -0.1) is 0 Å². The van der Waals surface area contributed by atoms with Crippen molar-refractivity contribution in [1.29, 1.82) is 0 Å². The van der Waals surface area contributed by atoms with Crippen LogP contribution in [0.2, 0.25) is 0 Å². The largest absolute Gasteiger partial charge is 0.417 e. The molecule has 3 aromatic rings. The number of piperazine rings is 1. The maximum Gasteiger partial charge on any atom is 0.417 e. The zero-order chi connectivity index (χ0) is 27.6. The number of rotatable bonds is 6. The Labute approximate surface area is 224 Å². The number of nitrogens with zero attached hydrogens (tertiary/aromatic N) is 2. The Morgan fingerprint density at radius 1 is 0.949 bits per heavy atom. The Morgan fingerprint density at radius 3 is 2.38 bits per heavy atom. The van der Waals surface area contributed by atoms with E-state index in [0.717, 1.165) is 35.7 Å². The number of hydrogen-bond acceptors (Lipinski definition) is 6. The summed E-state index contributed by atoms with van der Waals surface area (Å²) in [5.74, 6) is -1.02. The number of alkyl halides is 3. The molecule has 12 heteroatoms. The van der Waals surface area contributed by atoms with Gasteiger partial charge in [0.2, 0.25) is 10.0 Å². The highest BCUT2D eigenvalue weighted by molar-refractivity contribution is 7.89. The normalized spacial score (nSPS) is 19.3. The smallest absolute Gasteiger partial charge is 0.369 e. The predicted octanol–water partition coefficient (Wildman–Crippen LogP) is 4.56. The van der Waals surface area contributed by atoms with Crippen molar-refractivity contribution < 1.29 is 36.0 Å². The lowest BCUT2D eigenvalue weighted by molar-refractivity contribution is -0.186. The Bertz CT molecular complexity index is 1450. The lowest BCUT2D eigenvalue weighted by Crippen LogP contribution is -2.48. The maximum atomic E-state index is 13.9. The molecular formula is C27H28F3N3O5S. The highest BCUT2D eigenvalue weighted by atomic mass is 32.2. The van der Waals surface area contributed by atoms with Crippen LogP contribution in [0.4, 0.5) is 18.9 Å². The topological polar surface area (TPSA) is 88.2 Å². The fourth-order valence-electron chi connectivity index (χ4n) is 4.80. The van der Waals surface area contributed by atoms with Gasteiger partial charge >= 0.3 is 6.18 Å². The van der Waals surface area contributed by atoms with Crippen molar-refractivity contribution in [3.63, 3.8) is 0 Å². The van der Waals surface area contributed by atoms with E-state index in [-0.39, 0.29) is 36.8 Å². The van der Waals surface area contributed by atoms with E-state index in [0.29, 0.717) is 13.0 Å². The van der Waals surface area contributed by atoms with Gasteiger partial charge < -0.3 is 9.64 Å². The molecule has 208 valence electrons. The number of nitrogens with one attached hydrogen (secondary N) is 1. The molecule has 0 spiro atoms. The number of ether oxygens (including phenoxy) is 1. The number of sulfonamides is 1. The van der Waals surface area contributed by atoms with Crippen LogP contribution in [-0.2, 0) is 25.8 Å². The van der Waals surface area contributed by atoms with Crippen molar-refractivity contribution >= 4 is 32.4 Å². The number of amides is 1. The van der Waals surface area contributed by atoms with Gasteiger partial charge in [-0.1, -0.05) is 30.3 Å². The highest BCUT2D eigenvalue weighted by Gasteiger charge is 2.37. The zero-order valence-corrected chi connectivity index (χ0v) is 21.8. The predicted molar refractivity (Wildman–Crippen MR) is 139 cm³/mol. The Morgan fingerprint density at radius 2 is 1.69 bits per heavy atom. The summed E-state index contributed by atoms with van der Waals surface area (Å²) < 4.78 is 74.9. The number of hydroxylamine groups is 1. The van der Waals surface area contributed by atoms with Crippen molar-refractivity contribution in [2.45, 2.75) is 36.6 Å². The van der Waals surface area contributed by atoms with Crippen LogP contribution in [0.1, 0.15) is 35.2 Å². The van der Waals surface area contributed by atoms with Gasteiger partial charge in [-0.3, -0.25) is 4.79 Å². The number of carbonyl (C=O) groups excluding carboxylic acids is 1. The van der Waals surface area contributed by atoms with E-state index in [9.17, 15) is 26.4 Å². The van der Waals surface area contributed by atoms with Gasteiger partial charge in [0.25, 0.3) is 5.91 Å². The third kappa shape index (κ3) is 6.03. The zero-order valence-electron chi connectivity index (χ0n) is 21.0. The molecule has 1 atom stereocenters. The molecular weight excluding hydrogens is 535 g/mol. The van der Waals surface area contributed by atoms with Crippen LogP contribution in [0.5, 0.6) is 0 Å². The first-order valence-electron chi connectivity index (χ1n) is 12.7. The summed E-state index contributed by atoms with van der Waals surface area (Å²) in [4.78, 5) is 19.5. The molecule has 0 aliphatic carbocycles. The quantitative estimate of drug-likeness (QED) is 0.443. The van der Waals surface area contributed by atoms with Crippen LogP contribution in [-0.4, -0.2) is 57.7 Å². The van der Waals surface area contributed by atoms with Crippen LogP contribution in [0.3, 0.4) is 0 Å². The third-order valence-corrected chi connectivity index (χ3v) is 8.83. The average molecular weight is 564 g/mol. The van der Waals surface area contributed by atoms with E-state index in [1.807, 2.05) is 24.3 Å². The molecule has 5 rings (SSSR count). The molecule has 2 heterocycles. The first-order valence-corrected chi connectivity index (χ1v) is 14.1. The number of carbonyl (C=O) groups is 1. The van der Waals surface area contributed by atoms with Gasteiger partial charge in [-0.2, -0.15) is 17.5 Å². The van der Waals surface area contributed by atoms with E-state index in [1.165, 1.54) is 10.4 Å². The molecule has 2 saturated heterocycles. The second kappa shape index (κ2) is 11.1. The molecule has 1 unspecified atom stereocenters. The van der Waals surface area contributed by atoms with E-state index >= 15 is 0 Å². The molecule has 0 radical (unpaired) electrons. The summed E-state index contributed by atoms with van der Waals surface area (Å²) in [6.45, 7) is 1.05. The lowest BCUT2D eigenvalue weighted by atomic mass is 10.0. The standard InChI is InChI=1S/C27H28F3N3O5S/c28-27(29,30)24-18-21(9-11-23(24)26(34)31-38-25-7-3-4-16-37-25)32-12-14-33(15-13-32)39(35,36)22-10-8-19-5-1-2-6-20(19)17-22/h1-2,5-6,8-11,17-18,25H,3-4,7,12-16H2,(H,31,34). The summed E-state index contributed by atoms with van der Waals surface area (Å²) in [6.07, 6.45) is -3.26. The van der Waals surface area contributed by atoms with Crippen molar-refractivity contribution in [2.24, 2.45) is 0 Å². The molecule has 2 fully saturated rings. The number of halogens is 3. The lowest BCUT2D eigenvalue weighted by Gasteiger charge is -2.35. The van der Waals surface area contributed by atoms with Crippen LogP contribution < -0.4 is 10.4 Å². The minimum atomic E-state index is -4.79. The van der Waals surface area contributed by atoms with E-state index in [1.54, 1.807) is 23.1 Å². The van der Waals surface area contributed by atoms with Crippen LogP contribution in [0, 0.1) is 0 Å². The number of benzene rings is 3. The maximum absolute atomic E-state index is 13.9. The summed E-state index contributed by atoms with van der Waals surface area (Å²) in [6, 6.07) is 15.8. The van der Waals surface area contributed by atoms with Crippen molar-refractivity contribution in [2.75, 3.05) is 37.7 Å². The molecule has 8 nitrogen and oxygen atoms in total. The minimum Gasteiger partial charge on any atom is -0.369 e. The Balaban J connectivity index is 1.28. The molecule has 2 aliphatic heterocycles. The van der Waals surface area contributed by atoms with Crippen LogP contribution in [0.15, 0.2) is 65.6 Å². The molecule has 3 aromatic carbocycles. The summed E-state index contributed by atoms with van der Waals surface area (Å²) in [7, 11) is -3.77. The summed E-state index contributed by atoms with van der Waals surface area (Å²) in [5, 5.41) is 1.73.